The van der Waals surface area contributed by atoms with Gasteiger partial charge in [-0.25, -0.2) is 0 Å². The van der Waals surface area contributed by atoms with Gasteiger partial charge >= 0.3 is 5.88 Å². The molecule has 1 N–H and O–H groups in total. The van der Waals surface area contributed by atoms with Crippen LogP contribution in [0, 0.1) is 0 Å². The lowest BCUT2D eigenvalue weighted by Crippen LogP contribution is -2.29. The molecule has 1 aromatic carbocycles. The molecule has 3 nitrogen and oxygen atoms in total. The first kappa shape index (κ1) is 9.77. The van der Waals surface area contributed by atoms with Gasteiger partial charge in [0.25, 0.3) is 0 Å². The molecule has 3 heteroatoms. The van der Waals surface area contributed by atoms with Crippen molar-refractivity contribution in [3.63, 3.8) is 0 Å². The van der Waals surface area contributed by atoms with E-state index in [9.17, 15) is 5.11 Å². The molecule has 15 heavy (non-hydrogen) atoms. The number of aryl methyl sites for hydroxylation is 1. The number of rotatable bonds is 2. The van der Waals surface area contributed by atoms with E-state index in [2.05, 4.69) is 0 Å². The Labute approximate surface area is 88.5 Å². The fraction of sp³-hybridized carbons (Fsp3) is 0.250. The summed E-state index contributed by atoms with van der Waals surface area (Å²) in [6, 6.07) is 9.49. The van der Waals surface area contributed by atoms with Crippen molar-refractivity contribution in [3.8, 4) is 11.6 Å². The largest absolute Gasteiger partial charge is 0.493 e. The number of pyridine rings is 1. The summed E-state index contributed by atoms with van der Waals surface area (Å²) in [7, 11) is 1.83. The molecule has 0 bridgehead atoms. The van der Waals surface area contributed by atoms with Crippen LogP contribution in [0.5, 0.6) is 11.6 Å². The summed E-state index contributed by atoms with van der Waals surface area (Å²) in [5, 5.41) is 10.7. The molecule has 0 aliphatic rings. The second-order valence-electron chi connectivity index (χ2n) is 3.38. The Morgan fingerprint density at radius 3 is 2.80 bits per heavy atom. The molecule has 0 saturated carbocycles. The van der Waals surface area contributed by atoms with Crippen LogP contribution in [0.25, 0.3) is 10.9 Å². The Hall–Kier alpha value is -1.77. The summed E-state index contributed by atoms with van der Waals surface area (Å²) in [6.07, 6.45) is 0. The van der Waals surface area contributed by atoms with Gasteiger partial charge in [-0.2, -0.15) is 4.57 Å². The zero-order chi connectivity index (χ0) is 10.8. The van der Waals surface area contributed by atoms with Gasteiger partial charge in [-0.1, -0.05) is 12.1 Å². The lowest BCUT2D eigenvalue weighted by atomic mass is 10.2. The van der Waals surface area contributed by atoms with Gasteiger partial charge in [-0.05, 0) is 13.0 Å². The molecule has 2 rings (SSSR count). The average Bonchev–Trinajstić information content (AvgIpc) is 2.26. The van der Waals surface area contributed by atoms with E-state index < -0.39 is 0 Å². The quantitative estimate of drug-likeness (QED) is 0.756. The third-order valence-electron chi connectivity index (χ3n) is 2.43. The summed E-state index contributed by atoms with van der Waals surface area (Å²) < 4.78 is 7.22. The van der Waals surface area contributed by atoms with Crippen molar-refractivity contribution in [3.05, 3.63) is 30.3 Å². The van der Waals surface area contributed by atoms with Crippen molar-refractivity contribution >= 4 is 10.9 Å². The highest BCUT2D eigenvalue weighted by molar-refractivity contribution is 5.82. The van der Waals surface area contributed by atoms with E-state index in [-0.39, 0.29) is 5.88 Å². The molecule has 0 spiro atoms. The molecule has 0 fully saturated rings. The Bertz CT molecular complexity index is 494. The highest BCUT2D eigenvalue weighted by Gasteiger charge is 2.15. The molecular weight excluding hydrogens is 190 g/mol. The molecule has 0 atom stereocenters. The standard InChI is InChI=1S/C12H13NO2/c1-3-15-11-8-12(14)13(2)10-7-5-4-6-9(10)11/h4-8H,3H2,1-2H3/p+1. The zero-order valence-electron chi connectivity index (χ0n) is 8.90. The smallest absolute Gasteiger partial charge is 0.369 e. The Kier molecular flexibility index (Phi) is 2.46. The van der Waals surface area contributed by atoms with E-state index in [4.69, 9.17) is 4.74 Å². The van der Waals surface area contributed by atoms with Gasteiger partial charge in [0.1, 0.15) is 12.8 Å². The highest BCUT2D eigenvalue weighted by Crippen LogP contribution is 2.26. The number of para-hydroxylation sites is 1. The number of nitrogens with zero attached hydrogens (tertiary/aromatic N) is 1. The van der Waals surface area contributed by atoms with E-state index in [1.165, 1.54) is 0 Å². The first-order chi connectivity index (χ1) is 7.24. The number of aromatic nitrogens is 1. The van der Waals surface area contributed by atoms with Crippen molar-refractivity contribution in [1.82, 2.24) is 0 Å². The second-order valence-corrected chi connectivity index (χ2v) is 3.38. The summed E-state index contributed by atoms with van der Waals surface area (Å²) in [6.45, 7) is 2.52. The molecule has 0 aliphatic carbocycles. The monoisotopic (exact) mass is 204 g/mol. The van der Waals surface area contributed by atoms with Crippen LogP contribution in [0.15, 0.2) is 30.3 Å². The lowest BCUT2D eigenvalue weighted by molar-refractivity contribution is -0.651. The molecule has 0 amide bonds. The summed E-state index contributed by atoms with van der Waals surface area (Å²) >= 11 is 0. The minimum Gasteiger partial charge on any atom is -0.493 e. The Morgan fingerprint density at radius 2 is 2.07 bits per heavy atom. The summed E-state index contributed by atoms with van der Waals surface area (Å²) in [5.74, 6) is 0.931. The van der Waals surface area contributed by atoms with Crippen molar-refractivity contribution in [2.24, 2.45) is 7.05 Å². The van der Waals surface area contributed by atoms with Crippen LogP contribution < -0.4 is 9.30 Å². The third kappa shape index (κ3) is 1.61. The fourth-order valence-electron chi connectivity index (χ4n) is 1.66. The van der Waals surface area contributed by atoms with Gasteiger partial charge in [0, 0.05) is 6.07 Å². The normalized spacial score (nSPS) is 10.5. The number of hydrogen-bond acceptors (Lipinski definition) is 2. The number of fused-ring (bicyclic) bond motifs is 1. The maximum Gasteiger partial charge on any atom is 0.369 e. The summed E-state index contributed by atoms with van der Waals surface area (Å²) in [4.78, 5) is 0. The maximum atomic E-state index is 9.71. The molecule has 1 heterocycles. The highest BCUT2D eigenvalue weighted by atomic mass is 16.5. The Balaban J connectivity index is 2.76. The molecule has 0 aliphatic heterocycles. The molecule has 0 saturated heterocycles. The minimum absolute atomic E-state index is 0.206. The number of ether oxygens (including phenoxy) is 1. The Morgan fingerprint density at radius 1 is 1.33 bits per heavy atom. The van der Waals surface area contributed by atoms with Crippen molar-refractivity contribution < 1.29 is 14.4 Å². The number of aromatic hydroxyl groups is 1. The van der Waals surface area contributed by atoms with Gasteiger partial charge in [0.15, 0.2) is 0 Å². The zero-order valence-corrected chi connectivity index (χ0v) is 8.90. The van der Waals surface area contributed by atoms with Gasteiger partial charge < -0.3 is 9.84 Å². The van der Waals surface area contributed by atoms with Crippen LogP contribution in [0.1, 0.15) is 6.92 Å². The van der Waals surface area contributed by atoms with Gasteiger partial charge in [-0.3, -0.25) is 0 Å². The van der Waals surface area contributed by atoms with Crippen LogP contribution in [0.3, 0.4) is 0 Å². The van der Waals surface area contributed by atoms with Gasteiger partial charge in [-0.15, -0.1) is 0 Å². The van der Waals surface area contributed by atoms with Crippen LogP contribution in [0.4, 0.5) is 0 Å². The predicted octanol–water partition coefficient (Wildman–Crippen LogP) is 1.77. The third-order valence-corrected chi connectivity index (χ3v) is 2.43. The topological polar surface area (TPSA) is 33.3 Å². The first-order valence-electron chi connectivity index (χ1n) is 4.97. The van der Waals surface area contributed by atoms with Crippen LogP contribution in [0.2, 0.25) is 0 Å². The van der Waals surface area contributed by atoms with Crippen molar-refractivity contribution in [2.75, 3.05) is 6.61 Å². The maximum absolute atomic E-state index is 9.71. The SMILES string of the molecule is CCOc1cc(O)[n+](C)c2ccccc12. The minimum atomic E-state index is 0.206. The van der Waals surface area contributed by atoms with Gasteiger partial charge in [0.2, 0.25) is 5.52 Å². The fourth-order valence-corrected chi connectivity index (χ4v) is 1.66. The second kappa shape index (κ2) is 3.77. The molecule has 0 unspecified atom stereocenters. The average molecular weight is 204 g/mol. The van der Waals surface area contributed by atoms with E-state index in [1.807, 2.05) is 38.2 Å². The molecule has 78 valence electrons. The molecule has 2 aromatic rings. The molecule has 1 aromatic heterocycles. The molecule has 0 radical (unpaired) electrons. The van der Waals surface area contributed by atoms with Crippen LogP contribution >= 0.6 is 0 Å². The lowest BCUT2D eigenvalue weighted by Gasteiger charge is -2.06. The van der Waals surface area contributed by atoms with E-state index in [1.54, 1.807) is 10.6 Å². The predicted molar refractivity (Wildman–Crippen MR) is 58.0 cm³/mol. The van der Waals surface area contributed by atoms with Crippen molar-refractivity contribution in [1.29, 1.82) is 0 Å². The first-order valence-corrected chi connectivity index (χ1v) is 4.97. The van der Waals surface area contributed by atoms with Crippen molar-refractivity contribution in [2.45, 2.75) is 6.92 Å². The van der Waals surface area contributed by atoms with E-state index in [0.717, 1.165) is 16.7 Å². The van der Waals surface area contributed by atoms with E-state index in [0.29, 0.717) is 6.61 Å². The summed E-state index contributed by atoms with van der Waals surface area (Å²) in [5.41, 5.74) is 0.959. The number of hydrogen-bond donors (Lipinski definition) is 1. The van der Waals surface area contributed by atoms with Crippen LogP contribution in [-0.2, 0) is 7.05 Å². The molecular formula is C12H14NO2+. The van der Waals surface area contributed by atoms with E-state index >= 15 is 0 Å². The van der Waals surface area contributed by atoms with Gasteiger partial charge in [0.05, 0.1) is 18.1 Å². The van der Waals surface area contributed by atoms with Crippen LogP contribution in [-0.4, -0.2) is 11.7 Å². The number of benzene rings is 1.